The highest BCUT2D eigenvalue weighted by atomic mass is 32.1. The van der Waals surface area contributed by atoms with Gasteiger partial charge in [-0.05, 0) is 17.6 Å². The number of nitrogens with zero attached hydrogens (tertiary/aromatic N) is 2. The Hall–Kier alpha value is -2.47. The van der Waals surface area contributed by atoms with Crippen molar-refractivity contribution >= 4 is 33.0 Å². The number of aromatic nitrogens is 1. The molecule has 0 radical (unpaired) electrons. The summed E-state index contributed by atoms with van der Waals surface area (Å²) >= 11 is 1.29. The number of fused-ring (bicyclic) bond motifs is 1. The molecule has 0 aliphatic carbocycles. The van der Waals surface area contributed by atoms with Gasteiger partial charge < -0.3 is 5.73 Å². The first-order valence-corrected chi connectivity index (χ1v) is 6.33. The lowest BCUT2D eigenvalue weighted by Crippen LogP contribution is -1.94. The fourth-order valence-corrected chi connectivity index (χ4v) is 2.78. The van der Waals surface area contributed by atoms with Crippen LogP contribution in [0.5, 0.6) is 0 Å². The van der Waals surface area contributed by atoms with Crippen LogP contribution in [0.1, 0.15) is 0 Å². The van der Waals surface area contributed by atoms with Gasteiger partial charge in [-0.2, -0.15) is 4.37 Å². The predicted octanol–water partition coefficient (Wildman–Crippen LogP) is 3.45. The zero-order chi connectivity index (χ0) is 13.4. The molecule has 0 aliphatic heterocycles. The molecule has 0 unspecified atom stereocenters. The Morgan fingerprint density at radius 1 is 1.21 bits per heavy atom. The van der Waals surface area contributed by atoms with Crippen LogP contribution in [0.2, 0.25) is 0 Å². The summed E-state index contributed by atoms with van der Waals surface area (Å²) in [6.07, 6.45) is 0. The Labute approximate surface area is 112 Å². The Morgan fingerprint density at radius 3 is 2.63 bits per heavy atom. The maximum atomic E-state index is 10.9. The van der Waals surface area contributed by atoms with Crippen molar-refractivity contribution in [3.05, 3.63) is 52.6 Å². The summed E-state index contributed by atoms with van der Waals surface area (Å²) in [5.41, 5.74) is 7.45. The summed E-state index contributed by atoms with van der Waals surface area (Å²) in [6.45, 7) is 0. The van der Waals surface area contributed by atoms with Crippen molar-refractivity contribution in [2.75, 3.05) is 5.73 Å². The molecule has 0 spiro atoms. The number of nitro benzene ring substituents is 1. The number of nitro groups is 1. The predicted molar refractivity (Wildman–Crippen MR) is 76.1 cm³/mol. The molecule has 19 heavy (non-hydrogen) atoms. The van der Waals surface area contributed by atoms with Crippen LogP contribution < -0.4 is 5.73 Å². The van der Waals surface area contributed by atoms with Gasteiger partial charge >= 0.3 is 0 Å². The molecular weight excluding hydrogens is 262 g/mol. The SMILES string of the molecule is Nc1cc2snc(-c3ccccc3)c2cc1[N+](=O)[O-]. The minimum absolute atomic E-state index is 0.0788. The molecule has 2 aromatic carbocycles. The molecule has 6 heteroatoms. The third-order valence-electron chi connectivity index (χ3n) is 2.86. The zero-order valence-corrected chi connectivity index (χ0v) is 10.6. The largest absolute Gasteiger partial charge is 0.393 e. The average Bonchev–Trinajstić information content (AvgIpc) is 2.81. The number of benzene rings is 2. The van der Waals surface area contributed by atoms with E-state index in [4.69, 9.17) is 5.73 Å². The van der Waals surface area contributed by atoms with Gasteiger partial charge in [-0.1, -0.05) is 30.3 Å². The lowest BCUT2D eigenvalue weighted by atomic mass is 10.1. The van der Waals surface area contributed by atoms with E-state index >= 15 is 0 Å². The molecular formula is C13H9N3O2S. The molecule has 94 valence electrons. The monoisotopic (exact) mass is 271 g/mol. The van der Waals surface area contributed by atoms with Gasteiger partial charge in [0.2, 0.25) is 0 Å². The molecule has 0 amide bonds. The molecule has 1 heterocycles. The number of anilines is 1. The van der Waals surface area contributed by atoms with Crippen molar-refractivity contribution in [1.82, 2.24) is 4.37 Å². The van der Waals surface area contributed by atoms with Crippen LogP contribution in [0.25, 0.3) is 21.3 Å². The lowest BCUT2D eigenvalue weighted by molar-refractivity contribution is -0.383. The van der Waals surface area contributed by atoms with Gasteiger partial charge in [0.25, 0.3) is 5.69 Å². The Balaban J connectivity index is 2.28. The van der Waals surface area contributed by atoms with E-state index in [1.807, 2.05) is 30.3 Å². The van der Waals surface area contributed by atoms with Crippen molar-refractivity contribution in [3.63, 3.8) is 0 Å². The number of nitrogens with two attached hydrogens (primary N) is 1. The van der Waals surface area contributed by atoms with E-state index < -0.39 is 4.92 Å². The second-order valence-electron chi connectivity index (χ2n) is 4.06. The highest BCUT2D eigenvalue weighted by molar-refractivity contribution is 7.13. The van der Waals surface area contributed by atoms with Crippen molar-refractivity contribution in [1.29, 1.82) is 0 Å². The maximum Gasteiger partial charge on any atom is 0.292 e. The van der Waals surface area contributed by atoms with Crippen molar-refractivity contribution in [2.45, 2.75) is 0 Å². The third kappa shape index (κ3) is 1.92. The van der Waals surface area contributed by atoms with Gasteiger partial charge in [-0.3, -0.25) is 10.1 Å². The van der Waals surface area contributed by atoms with Crippen LogP contribution in [0.3, 0.4) is 0 Å². The normalized spacial score (nSPS) is 10.7. The first kappa shape index (κ1) is 11.6. The minimum Gasteiger partial charge on any atom is -0.393 e. The maximum absolute atomic E-state index is 10.9. The summed E-state index contributed by atoms with van der Waals surface area (Å²) in [6, 6.07) is 12.7. The standard InChI is InChI=1S/C13H9N3O2S/c14-10-7-12-9(6-11(10)16(17)18)13(15-19-12)8-4-2-1-3-5-8/h1-7H,14H2. The molecule has 5 nitrogen and oxygen atoms in total. The van der Waals surface area contributed by atoms with Crippen molar-refractivity contribution in [3.8, 4) is 11.3 Å². The first-order chi connectivity index (χ1) is 9.16. The van der Waals surface area contributed by atoms with E-state index in [0.717, 1.165) is 21.3 Å². The van der Waals surface area contributed by atoms with Gasteiger partial charge in [0, 0.05) is 17.0 Å². The molecule has 0 atom stereocenters. The Kier molecular flexibility index (Phi) is 2.64. The molecule has 3 aromatic rings. The summed E-state index contributed by atoms with van der Waals surface area (Å²) in [7, 11) is 0. The number of rotatable bonds is 2. The van der Waals surface area contributed by atoms with E-state index in [2.05, 4.69) is 4.37 Å². The topological polar surface area (TPSA) is 82.0 Å². The van der Waals surface area contributed by atoms with Crippen LogP contribution in [0, 0.1) is 10.1 Å². The van der Waals surface area contributed by atoms with Crippen LogP contribution in [-0.4, -0.2) is 9.30 Å². The summed E-state index contributed by atoms with van der Waals surface area (Å²) in [4.78, 5) is 10.5. The van der Waals surface area contributed by atoms with E-state index in [1.54, 1.807) is 6.07 Å². The Bertz CT molecular complexity index is 768. The quantitative estimate of drug-likeness (QED) is 0.439. The highest BCUT2D eigenvalue weighted by Gasteiger charge is 2.17. The molecule has 3 rings (SSSR count). The smallest absolute Gasteiger partial charge is 0.292 e. The van der Waals surface area contributed by atoms with E-state index in [1.165, 1.54) is 17.6 Å². The second kappa shape index (κ2) is 4.33. The molecule has 0 aliphatic rings. The zero-order valence-electron chi connectivity index (χ0n) is 9.74. The van der Waals surface area contributed by atoms with Crippen molar-refractivity contribution < 1.29 is 4.92 Å². The van der Waals surface area contributed by atoms with Crippen molar-refractivity contribution in [2.24, 2.45) is 0 Å². The number of hydrogen-bond donors (Lipinski definition) is 1. The number of hydrogen-bond acceptors (Lipinski definition) is 5. The van der Waals surface area contributed by atoms with Crippen LogP contribution in [0.4, 0.5) is 11.4 Å². The highest BCUT2D eigenvalue weighted by Crippen LogP contribution is 2.36. The van der Waals surface area contributed by atoms with Gasteiger partial charge in [0.1, 0.15) is 5.69 Å². The molecule has 0 saturated heterocycles. The molecule has 0 bridgehead atoms. The molecule has 1 aromatic heterocycles. The minimum atomic E-state index is -0.471. The van der Waals surface area contributed by atoms with Crippen LogP contribution >= 0.6 is 11.5 Å². The number of nitrogen functional groups attached to an aromatic ring is 1. The summed E-state index contributed by atoms with van der Waals surface area (Å²) < 4.78 is 5.22. The van der Waals surface area contributed by atoms with Gasteiger partial charge in [-0.15, -0.1) is 0 Å². The molecule has 0 saturated carbocycles. The van der Waals surface area contributed by atoms with Gasteiger partial charge in [0.05, 0.1) is 15.3 Å². The van der Waals surface area contributed by atoms with Gasteiger partial charge in [-0.25, -0.2) is 0 Å². The molecule has 2 N–H and O–H groups in total. The fraction of sp³-hybridized carbons (Fsp3) is 0. The Morgan fingerprint density at radius 2 is 1.95 bits per heavy atom. The third-order valence-corrected chi connectivity index (χ3v) is 3.67. The average molecular weight is 271 g/mol. The second-order valence-corrected chi connectivity index (χ2v) is 4.87. The van der Waals surface area contributed by atoms with Crippen LogP contribution in [-0.2, 0) is 0 Å². The molecule has 0 fully saturated rings. The van der Waals surface area contributed by atoms with E-state index in [9.17, 15) is 10.1 Å². The fourth-order valence-electron chi connectivity index (χ4n) is 1.95. The lowest BCUT2D eigenvalue weighted by Gasteiger charge is -1.99. The van der Waals surface area contributed by atoms with Gasteiger partial charge in [0.15, 0.2) is 0 Å². The van der Waals surface area contributed by atoms with E-state index in [-0.39, 0.29) is 11.4 Å². The van der Waals surface area contributed by atoms with E-state index in [0.29, 0.717) is 0 Å². The van der Waals surface area contributed by atoms with Crippen LogP contribution in [0.15, 0.2) is 42.5 Å². The summed E-state index contributed by atoms with van der Waals surface area (Å²) in [5, 5.41) is 11.7. The first-order valence-electron chi connectivity index (χ1n) is 5.55. The summed E-state index contributed by atoms with van der Waals surface area (Å²) in [5.74, 6) is 0.